The summed E-state index contributed by atoms with van der Waals surface area (Å²) in [5, 5.41) is 15.6. The Hall–Kier alpha value is -2.77. The predicted molar refractivity (Wildman–Crippen MR) is 129 cm³/mol. The highest BCUT2D eigenvalue weighted by molar-refractivity contribution is 5.92. The van der Waals surface area contributed by atoms with Gasteiger partial charge in [-0.05, 0) is 79.5 Å². The number of amides is 3. The molecule has 3 unspecified atom stereocenters. The number of aromatic hydroxyl groups is 1. The first-order valence-corrected chi connectivity index (χ1v) is 11.5. The lowest BCUT2D eigenvalue weighted by molar-refractivity contribution is -0.148. The van der Waals surface area contributed by atoms with E-state index in [0.717, 1.165) is 12.8 Å². The van der Waals surface area contributed by atoms with E-state index in [4.69, 9.17) is 4.74 Å². The van der Waals surface area contributed by atoms with Crippen molar-refractivity contribution in [1.82, 2.24) is 15.5 Å². The van der Waals surface area contributed by atoms with E-state index in [1.807, 2.05) is 34.6 Å². The van der Waals surface area contributed by atoms with Crippen molar-refractivity contribution in [3.63, 3.8) is 0 Å². The summed E-state index contributed by atoms with van der Waals surface area (Å²) in [4.78, 5) is 40.8. The highest BCUT2D eigenvalue weighted by atomic mass is 16.6. The number of ether oxygens (including phenoxy) is 1. The third-order valence-electron chi connectivity index (χ3n) is 4.87. The molecule has 0 fully saturated rings. The molecule has 3 atom stereocenters. The number of carbonyl (C=O) groups is 3. The Bertz CT molecular complexity index is 826. The lowest BCUT2D eigenvalue weighted by Gasteiger charge is -2.43. The lowest BCUT2D eigenvalue weighted by atomic mass is 9.95. The number of nitrogens with zero attached hydrogens (tertiary/aromatic N) is 1. The molecule has 0 aromatic heterocycles. The van der Waals surface area contributed by atoms with E-state index in [9.17, 15) is 19.5 Å². The number of phenols is 1. The molecule has 0 spiro atoms. The molecule has 3 amide bonds. The summed E-state index contributed by atoms with van der Waals surface area (Å²) >= 11 is 0. The van der Waals surface area contributed by atoms with Crippen LogP contribution in [-0.4, -0.2) is 51.1 Å². The first kappa shape index (κ1) is 28.3. The monoisotopic (exact) mass is 463 g/mol. The standard InChI is InChI=1S/C25H41N3O5/c1-10-12-16(2)26-21(30)20(18-13-11-14-19(29)15-18)28(24(4,5)6)22(31)17(3)27-23(32)33-25(7,8)9/h11,13-17,20,29H,10,12H2,1-9H3,(H,26,30)(H,27,32). The zero-order valence-electron chi connectivity index (χ0n) is 21.5. The fraction of sp³-hybridized carbons (Fsp3) is 0.640. The number of rotatable bonds is 8. The van der Waals surface area contributed by atoms with Crippen LogP contribution in [0.1, 0.15) is 86.8 Å². The smallest absolute Gasteiger partial charge is 0.408 e. The van der Waals surface area contributed by atoms with Gasteiger partial charge in [0, 0.05) is 11.6 Å². The van der Waals surface area contributed by atoms with Crippen LogP contribution in [0.2, 0.25) is 0 Å². The zero-order valence-corrected chi connectivity index (χ0v) is 21.5. The highest BCUT2D eigenvalue weighted by Crippen LogP contribution is 2.31. The van der Waals surface area contributed by atoms with Crippen LogP contribution in [0, 0.1) is 0 Å². The second kappa shape index (κ2) is 11.4. The topological polar surface area (TPSA) is 108 Å². The number of nitrogens with one attached hydrogen (secondary N) is 2. The molecule has 33 heavy (non-hydrogen) atoms. The average Bonchev–Trinajstić information content (AvgIpc) is 2.62. The molecule has 8 nitrogen and oxygen atoms in total. The van der Waals surface area contributed by atoms with E-state index < -0.39 is 35.2 Å². The first-order valence-electron chi connectivity index (χ1n) is 11.5. The van der Waals surface area contributed by atoms with Gasteiger partial charge in [0.2, 0.25) is 11.8 Å². The van der Waals surface area contributed by atoms with Gasteiger partial charge < -0.3 is 25.4 Å². The van der Waals surface area contributed by atoms with E-state index in [-0.39, 0.29) is 17.7 Å². The van der Waals surface area contributed by atoms with Crippen molar-refractivity contribution in [1.29, 1.82) is 0 Å². The van der Waals surface area contributed by atoms with Crippen molar-refractivity contribution in [3.8, 4) is 5.75 Å². The van der Waals surface area contributed by atoms with Crippen molar-refractivity contribution in [2.24, 2.45) is 0 Å². The van der Waals surface area contributed by atoms with Crippen molar-refractivity contribution >= 4 is 17.9 Å². The van der Waals surface area contributed by atoms with Crippen LogP contribution in [-0.2, 0) is 14.3 Å². The van der Waals surface area contributed by atoms with Crippen LogP contribution in [0.25, 0.3) is 0 Å². The van der Waals surface area contributed by atoms with Crippen LogP contribution >= 0.6 is 0 Å². The molecule has 8 heteroatoms. The van der Waals surface area contributed by atoms with Gasteiger partial charge in [0.25, 0.3) is 0 Å². The van der Waals surface area contributed by atoms with Crippen LogP contribution < -0.4 is 10.6 Å². The summed E-state index contributed by atoms with van der Waals surface area (Å²) in [6, 6.07) is 4.28. The Labute approximate surface area is 198 Å². The van der Waals surface area contributed by atoms with Crippen LogP contribution in [0.3, 0.4) is 0 Å². The van der Waals surface area contributed by atoms with Gasteiger partial charge >= 0.3 is 6.09 Å². The number of hydrogen-bond donors (Lipinski definition) is 3. The molecule has 1 aromatic carbocycles. The van der Waals surface area contributed by atoms with E-state index >= 15 is 0 Å². The van der Waals surface area contributed by atoms with Gasteiger partial charge in [0.1, 0.15) is 23.4 Å². The average molecular weight is 464 g/mol. The molecule has 186 valence electrons. The Balaban J connectivity index is 3.38. The lowest BCUT2D eigenvalue weighted by Crippen LogP contribution is -2.58. The first-order chi connectivity index (χ1) is 15.1. The largest absolute Gasteiger partial charge is 0.508 e. The number of alkyl carbamates (subject to hydrolysis) is 1. The number of phenolic OH excluding ortho intramolecular Hbond substituents is 1. The van der Waals surface area contributed by atoms with Gasteiger partial charge in [-0.2, -0.15) is 0 Å². The van der Waals surface area contributed by atoms with Crippen molar-refractivity contribution in [2.45, 2.75) is 104 Å². The van der Waals surface area contributed by atoms with Crippen LogP contribution in [0.5, 0.6) is 5.75 Å². The summed E-state index contributed by atoms with van der Waals surface area (Å²) in [5.74, 6) is -0.803. The van der Waals surface area contributed by atoms with Gasteiger partial charge in [-0.3, -0.25) is 9.59 Å². The molecular formula is C25H41N3O5. The molecule has 0 aliphatic heterocycles. The Morgan fingerprint density at radius 2 is 1.67 bits per heavy atom. The SMILES string of the molecule is CCCC(C)NC(=O)C(c1cccc(O)c1)N(C(=O)C(C)NC(=O)OC(C)(C)C)C(C)(C)C. The number of hydrogen-bond acceptors (Lipinski definition) is 5. The summed E-state index contributed by atoms with van der Waals surface area (Å²) < 4.78 is 5.28. The molecule has 0 saturated heterocycles. The fourth-order valence-electron chi connectivity index (χ4n) is 3.54. The molecule has 0 aliphatic rings. The van der Waals surface area contributed by atoms with Gasteiger partial charge in [-0.25, -0.2) is 4.79 Å². The summed E-state index contributed by atoms with van der Waals surface area (Å²) in [6.45, 7) is 16.2. The van der Waals surface area contributed by atoms with Crippen LogP contribution in [0.15, 0.2) is 24.3 Å². The molecule has 1 rings (SSSR count). The van der Waals surface area contributed by atoms with Crippen molar-refractivity contribution in [2.75, 3.05) is 0 Å². The molecule has 0 heterocycles. The molecule has 1 aromatic rings. The minimum atomic E-state index is -1.01. The molecule has 0 bridgehead atoms. The Morgan fingerprint density at radius 1 is 1.06 bits per heavy atom. The predicted octanol–water partition coefficient (Wildman–Crippen LogP) is 4.28. The molecule has 0 saturated carbocycles. The van der Waals surface area contributed by atoms with E-state index in [2.05, 4.69) is 10.6 Å². The van der Waals surface area contributed by atoms with Gasteiger partial charge in [0.05, 0.1) is 0 Å². The minimum absolute atomic E-state index is 0.00635. The summed E-state index contributed by atoms with van der Waals surface area (Å²) in [5.41, 5.74) is -1.01. The van der Waals surface area contributed by atoms with Gasteiger partial charge in [0.15, 0.2) is 0 Å². The maximum atomic E-state index is 13.6. The molecule has 0 aliphatic carbocycles. The van der Waals surface area contributed by atoms with Crippen molar-refractivity contribution in [3.05, 3.63) is 29.8 Å². The highest BCUT2D eigenvalue weighted by Gasteiger charge is 2.41. The number of carbonyl (C=O) groups excluding carboxylic acids is 3. The summed E-state index contributed by atoms with van der Waals surface area (Å²) in [7, 11) is 0. The third kappa shape index (κ3) is 8.94. The summed E-state index contributed by atoms with van der Waals surface area (Å²) in [6.07, 6.45) is 0.974. The second-order valence-electron chi connectivity index (χ2n) is 10.4. The number of benzene rings is 1. The molecule has 3 N–H and O–H groups in total. The quantitative estimate of drug-likeness (QED) is 0.533. The van der Waals surface area contributed by atoms with Crippen molar-refractivity contribution < 1.29 is 24.2 Å². The maximum Gasteiger partial charge on any atom is 0.408 e. The Morgan fingerprint density at radius 3 is 2.15 bits per heavy atom. The second-order valence-corrected chi connectivity index (χ2v) is 10.4. The van der Waals surface area contributed by atoms with Gasteiger partial charge in [-0.1, -0.05) is 25.5 Å². The normalized spacial score (nSPS) is 14.6. The van der Waals surface area contributed by atoms with E-state index in [1.54, 1.807) is 39.8 Å². The third-order valence-corrected chi connectivity index (χ3v) is 4.87. The minimum Gasteiger partial charge on any atom is -0.508 e. The van der Waals surface area contributed by atoms with Crippen LogP contribution in [0.4, 0.5) is 4.79 Å². The van der Waals surface area contributed by atoms with Gasteiger partial charge in [-0.15, -0.1) is 0 Å². The van der Waals surface area contributed by atoms with E-state index in [1.165, 1.54) is 17.0 Å². The Kier molecular flexibility index (Phi) is 9.75. The maximum absolute atomic E-state index is 13.6. The molecular weight excluding hydrogens is 422 g/mol. The van der Waals surface area contributed by atoms with E-state index in [0.29, 0.717) is 5.56 Å². The zero-order chi connectivity index (χ0) is 25.6. The fourth-order valence-corrected chi connectivity index (χ4v) is 3.54. The molecule has 0 radical (unpaired) electrons.